The molecule has 5 nitrogen and oxygen atoms in total. The summed E-state index contributed by atoms with van der Waals surface area (Å²) in [5.41, 5.74) is 0. The summed E-state index contributed by atoms with van der Waals surface area (Å²) in [4.78, 5) is 25.5. The van der Waals surface area contributed by atoms with Crippen LogP contribution in [0.15, 0.2) is 18.2 Å². The third kappa shape index (κ3) is 5.72. The fraction of sp³-hybridized carbons (Fsp3) is 0.500. The zero-order chi connectivity index (χ0) is 17.5. The molecule has 0 bridgehead atoms. The summed E-state index contributed by atoms with van der Waals surface area (Å²) in [5.74, 6) is 0.597. The fourth-order valence-electron chi connectivity index (χ4n) is 2.52. The van der Waals surface area contributed by atoms with Crippen molar-refractivity contribution in [3.8, 4) is 5.75 Å². The molecule has 1 fully saturated rings. The van der Waals surface area contributed by atoms with E-state index in [2.05, 4.69) is 5.32 Å². The quantitative estimate of drug-likeness (QED) is 0.756. The Labute approximate surface area is 156 Å². The lowest BCUT2D eigenvalue weighted by molar-refractivity contribution is -0.132. The van der Waals surface area contributed by atoms with E-state index in [9.17, 15) is 9.59 Å². The molecule has 132 valence electrons. The largest absolute Gasteiger partial charge is 0.482 e. The first-order chi connectivity index (χ1) is 11.5. The molecule has 1 heterocycles. The van der Waals surface area contributed by atoms with Gasteiger partial charge in [-0.3, -0.25) is 9.59 Å². The van der Waals surface area contributed by atoms with E-state index in [1.807, 2.05) is 0 Å². The van der Waals surface area contributed by atoms with Gasteiger partial charge in [-0.2, -0.15) is 0 Å². The van der Waals surface area contributed by atoms with Crippen LogP contribution in [-0.2, 0) is 9.59 Å². The van der Waals surface area contributed by atoms with Crippen molar-refractivity contribution in [1.82, 2.24) is 10.2 Å². The number of ether oxygens (including phenoxy) is 1. The first kappa shape index (κ1) is 19.2. The van der Waals surface area contributed by atoms with Gasteiger partial charge in [-0.1, -0.05) is 23.2 Å². The highest BCUT2D eigenvalue weighted by molar-refractivity contribution is 6.35. The summed E-state index contributed by atoms with van der Waals surface area (Å²) in [6.45, 7) is 1.14. The summed E-state index contributed by atoms with van der Waals surface area (Å²) in [6, 6.07) is 4.87. The topological polar surface area (TPSA) is 58.6 Å². The van der Waals surface area contributed by atoms with Crippen LogP contribution in [0.5, 0.6) is 5.75 Å². The number of hydrogen-bond acceptors (Lipinski definition) is 3. The molecule has 0 aliphatic carbocycles. The first-order valence-electron chi connectivity index (χ1n) is 7.70. The lowest BCUT2D eigenvalue weighted by Gasteiger charge is -2.32. The van der Waals surface area contributed by atoms with Gasteiger partial charge < -0.3 is 15.0 Å². The third-order valence-corrected chi connectivity index (χ3v) is 4.49. The summed E-state index contributed by atoms with van der Waals surface area (Å²) in [7, 11) is 0. The Balaban J connectivity index is 1.73. The second-order valence-corrected chi connectivity index (χ2v) is 6.75. The Bertz CT molecular complexity index is 590. The molecule has 24 heavy (non-hydrogen) atoms. The van der Waals surface area contributed by atoms with Gasteiger partial charge in [-0.15, -0.1) is 11.6 Å². The SMILES string of the molecule is O=C(COc1ccc(Cl)cc1Cl)NC1CCN(C(=O)CCCl)CC1. The molecule has 0 spiro atoms. The van der Waals surface area contributed by atoms with E-state index in [0.29, 0.717) is 41.2 Å². The molecule has 0 aromatic heterocycles. The van der Waals surface area contributed by atoms with Crippen molar-refractivity contribution in [2.75, 3.05) is 25.6 Å². The summed E-state index contributed by atoms with van der Waals surface area (Å²) in [6.07, 6.45) is 1.80. The smallest absolute Gasteiger partial charge is 0.258 e. The number of rotatable bonds is 6. The maximum atomic E-state index is 12.0. The van der Waals surface area contributed by atoms with Crippen LogP contribution in [0.4, 0.5) is 0 Å². The number of nitrogens with one attached hydrogen (secondary N) is 1. The molecule has 0 radical (unpaired) electrons. The first-order valence-corrected chi connectivity index (χ1v) is 8.99. The Hall–Kier alpha value is -1.17. The summed E-state index contributed by atoms with van der Waals surface area (Å²) < 4.78 is 5.40. The Morgan fingerprint density at radius 3 is 2.58 bits per heavy atom. The molecule has 0 unspecified atom stereocenters. The van der Waals surface area contributed by atoms with Crippen molar-refractivity contribution >= 4 is 46.6 Å². The molecule has 1 aliphatic rings. The van der Waals surface area contributed by atoms with Crippen LogP contribution < -0.4 is 10.1 Å². The standard InChI is InChI=1S/C16H19Cl3N2O3/c17-6-3-16(23)21-7-4-12(5-8-21)20-15(22)10-24-14-2-1-11(18)9-13(14)19/h1-2,9,12H,3-8,10H2,(H,20,22). The number of amides is 2. The van der Waals surface area contributed by atoms with Crippen LogP contribution in [0, 0.1) is 0 Å². The molecule has 1 saturated heterocycles. The Morgan fingerprint density at radius 2 is 1.96 bits per heavy atom. The van der Waals surface area contributed by atoms with Crippen molar-refractivity contribution < 1.29 is 14.3 Å². The molecule has 1 aromatic carbocycles. The van der Waals surface area contributed by atoms with E-state index in [0.717, 1.165) is 12.8 Å². The minimum absolute atomic E-state index is 0.0434. The minimum atomic E-state index is -0.216. The Kier molecular flexibility index (Phi) is 7.46. The van der Waals surface area contributed by atoms with Crippen molar-refractivity contribution in [1.29, 1.82) is 0 Å². The van der Waals surface area contributed by atoms with Crippen molar-refractivity contribution in [2.24, 2.45) is 0 Å². The van der Waals surface area contributed by atoms with Gasteiger partial charge in [0.25, 0.3) is 5.91 Å². The van der Waals surface area contributed by atoms with Crippen molar-refractivity contribution in [3.63, 3.8) is 0 Å². The highest BCUT2D eigenvalue weighted by atomic mass is 35.5. The van der Waals surface area contributed by atoms with Gasteiger partial charge in [0.1, 0.15) is 5.75 Å². The van der Waals surface area contributed by atoms with Crippen molar-refractivity contribution in [2.45, 2.75) is 25.3 Å². The number of likely N-dealkylation sites (tertiary alicyclic amines) is 1. The summed E-state index contributed by atoms with van der Waals surface area (Å²) >= 11 is 17.4. The average Bonchev–Trinajstić information content (AvgIpc) is 2.55. The van der Waals surface area contributed by atoms with Gasteiger partial charge in [0.2, 0.25) is 5.91 Å². The van der Waals surface area contributed by atoms with Gasteiger partial charge in [0.15, 0.2) is 6.61 Å². The number of carbonyl (C=O) groups excluding carboxylic acids is 2. The molecular formula is C16H19Cl3N2O3. The number of carbonyl (C=O) groups is 2. The van der Waals surface area contributed by atoms with Gasteiger partial charge >= 0.3 is 0 Å². The average molecular weight is 394 g/mol. The second-order valence-electron chi connectivity index (χ2n) is 5.52. The van der Waals surface area contributed by atoms with Crippen LogP contribution >= 0.6 is 34.8 Å². The number of benzene rings is 1. The number of nitrogens with zero attached hydrogens (tertiary/aromatic N) is 1. The second kappa shape index (κ2) is 9.35. The molecule has 0 saturated carbocycles. The van der Waals surface area contributed by atoms with Crippen LogP contribution in [0.3, 0.4) is 0 Å². The molecule has 8 heteroatoms. The summed E-state index contributed by atoms with van der Waals surface area (Å²) in [5, 5.41) is 3.78. The monoisotopic (exact) mass is 392 g/mol. The van der Waals surface area contributed by atoms with Crippen molar-refractivity contribution in [3.05, 3.63) is 28.2 Å². The number of halogens is 3. The van der Waals surface area contributed by atoms with Crippen LogP contribution in [-0.4, -0.2) is 48.3 Å². The molecular weight excluding hydrogens is 375 g/mol. The third-order valence-electron chi connectivity index (χ3n) is 3.77. The zero-order valence-electron chi connectivity index (χ0n) is 13.1. The van der Waals surface area contributed by atoms with Crippen LogP contribution in [0.25, 0.3) is 0 Å². The molecule has 2 rings (SSSR count). The van der Waals surface area contributed by atoms with E-state index in [1.165, 1.54) is 0 Å². The molecule has 0 atom stereocenters. The van der Waals surface area contributed by atoms with E-state index in [-0.39, 0.29) is 24.5 Å². The number of piperidine rings is 1. The molecule has 1 N–H and O–H groups in total. The fourth-order valence-corrected chi connectivity index (χ4v) is 3.14. The normalized spacial score (nSPS) is 15.2. The Morgan fingerprint density at radius 1 is 1.25 bits per heavy atom. The number of alkyl halides is 1. The number of hydrogen-bond donors (Lipinski definition) is 1. The maximum absolute atomic E-state index is 12.0. The highest BCUT2D eigenvalue weighted by Crippen LogP contribution is 2.27. The zero-order valence-corrected chi connectivity index (χ0v) is 15.3. The molecule has 2 amide bonds. The van der Waals surface area contributed by atoms with Gasteiger partial charge in [0.05, 0.1) is 5.02 Å². The predicted octanol–water partition coefficient (Wildman–Crippen LogP) is 3.11. The van der Waals surface area contributed by atoms with E-state index >= 15 is 0 Å². The molecule has 1 aliphatic heterocycles. The van der Waals surface area contributed by atoms with E-state index < -0.39 is 0 Å². The maximum Gasteiger partial charge on any atom is 0.258 e. The van der Waals surface area contributed by atoms with Gasteiger partial charge in [-0.25, -0.2) is 0 Å². The van der Waals surface area contributed by atoms with Gasteiger partial charge in [-0.05, 0) is 31.0 Å². The van der Waals surface area contributed by atoms with Gasteiger partial charge in [0, 0.05) is 36.5 Å². The lowest BCUT2D eigenvalue weighted by atomic mass is 10.0. The minimum Gasteiger partial charge on any atom is -0.482 e. The van der Waals surface area contributed by atoms with E-state index in [4.69, 9.17) is 39.5 Å². The van der Waals surface area contributed by atoms with Crippen LogP contribution in [0.1, 0.15) is 19.3 Å². The van der Waals surface area contributed by atoms with Crippen LogP contribution in [0.2, 0.25) is 10.0 Å². The molecule has 1 aromatic rings. The lowest BCUT2D eigenvalue weighted by Crippen LogP contribution is -2.47. The van der Waals surface area contributed by atoms with E-state index in [1.54, 1.807) is 23.1 Å². The highest BCUT2D eigenvalue weighted by Gasteiger charge is 2.23. The predicted molar refractivity (Wildman–Crippen MR) is 95.0 cm³/mol.